The smallest absolute Gasteiger partial charge is 0.251 e. The van der Waals surface area contributed by atoms with Crippen LogP contribution in [0.2, 0.25) is 5.02 Å². The lowest BCUT2D eigenvalue weighted by atomic mass is 10.1. The number of benzene rings is 1. The molecule has 0 aliphatic rings. The van der Waals surface area contributed by atoms with E-state index in [1.54, 1.807) is 16.8 Å². The molecule has 0 aliphatic heterocycles. The van der Waals surface area contributed by atoms with E-state index in [2.05, 4.69) is 0 Å². The van der Waals surface area contributed by atoms with Crippen LogP contribution in [-0.4, -0.2) is 24.3 Å². The van der Waals surface area contributed by atoms with Crippen molar-refractivity contribution in [2.45, 2.75) is 6.54 Å². The first-order valence-corrected chi connectivity index (χ1v) is 7.49. The summed E-state index contributed by atoms with van der Waals surface area (Å²) in [5.41, 5.74) is 7.18. The topological polar surface area (TPSA) is 57.2 Å². The van der Waals surface area contributed by atoms with Crippen molar-refractivity contribution in [3.05, 3.63) is 69.1 Å². The van der Waals surface area contributed by atoms with Gasteiger partial charge in [-0.25, -0.2) is 0 Å². The first kappa shape index (κ1) is 16.5. The van der Waals surface area contributed by atoms with Crippen molar-refractivity contribution < 1.29 is 4.74 Å². The van der Waals surface area contributed by atoms with Crippen molar-refractivity contribution in [2.75, 3.05) is 19.8 Å². The molecule has 0 radical (unpaired) electrons. The van der Waals surface area contributed by atoms with E-state index in [9.17, 15) is 4.79 Å². The molecule has 1 aromatic heterocycles. The summed E-state index contributed by atoms with van der Waals surface area (Å²) in [4.78, 5) is 12.0. The van der Waals surface area contributed by atoms with Crippen LogP contribution < -0.4 is 11.3 Å². The number of ether oxygens (including phenoxy) is 1. The zero-order chi connectivity index (χ0) is 15.8. The molecule has 0 saturated heterocycles. The number of aromatic nitrogens is 1. The second kappa shape index (κ2) is 8.54. The zero-order valence-electron chi connectivity index (χ0n) is 12.2. The summed E-state index contributed by atoms with van der Waals surface area (Å²) in [5.74, 6) is 0. The lowest BCUT2D eigenvalue weighted by Gasteiger charge is -2.06. The number of hydrogen-bond donors (Lipinski definition) is 1. The molecule has 0 amide bonds. The number of rotatable bonds is 7. The monoisotopic (exact) mass is 318 g/mol. The van der Waals surface area contributed by atoms with Gasteiger partial charge in [-0.05, 0) is 29.3 Å². The summed E-state index contributed by atoms with van der Waals surface area (Å²) in [6.45, 7) is 2.01. The van der Waals surface area contributed by atoms with Crippen LogP contribution in [-0.2, 0) is 11.3 Å². The van der Waals surface area contributed by atoms with Crippen LogP contribution in [0.15, 0.2) is 47.4 Å². The molecular weight excluding hydrogens is 300 g/mol. The Bertz CT molecular complexity index is 678. The minimum absolute atomic E-state index is 0.0467. The van der Waals surface area contributed by atoms with E-state index >= 15 is 0 Å². The van der Waals surface area contributed by atoms with Crippen molar-refractivity contribution in [3.63, 3.8) is 0 Å². The quantitative estimate of drug-likeness (QED) is 0.798. The second-order valence-electron chi connectivity index (χ2n) is 4.78. The van der Waals surface area contributed by atoms with Crippen LogP contribution in [0.5, 0.6) is 0 Å². The minimum Gasteiger partial charge on any atom is -0.378 e. The number of nitrogens with zero attached hydrogens (tertiary/aromatic N) is 1. The maximum atomic E-state index is 12.0. The van der Waals surface area contributed by atoms with Gasteiger partial charge in [-0.2, -0.15) is 0 Å². The molecule has 2 N–H and O–H groups in total. The maximum Gasteiger partial charge on any atom is 0.251 e. The number of nitrogens with two attached hydrogens (primary N) is 1. The van der Waals surface area contributed by atoms with Gasteiger partial charge in [-0.3, -0.25) is 4.79 Å². The molecule has 0 saturated carbocycles. The molecular formula is C17H19ClN2O2. The Kier molecular flexibility index (Phi) is 6.40. The van der Waals surface area contributed by atoms with Gasteiger partial charge >= 0.3 is 0 Å². The highest BCUT2D eigenvalue weighted by Gasteiger charge is 1.97. The SMILES string of the molecule is NCCOCCn1ccc(/C=C/c2ccc(Cl)cc2)cc1=O. The van der Waals surface area contributed by atoms with E-state index in [0.29, 0.717) is 31.3 Å². The van der Waals surface area contributed by atoms with Crippen LogP contribution in [0.1, 0.15) is 11.1 Å². The predicted octanol–water partition coefficient (Wildman–Crippen LogP) is 2.65. The van der Waals surface area contributed by atoms with Gasteiger partial charge in [0.15, 0.2) is 0 Å². The number of hydrogen-bond acceptors (Lipinski definition) is 3. The van der Waals surface area contributed by atoms with Gasteiger partial charge in [-0.15, -0.1) is 0 Å². The van der Waals surface area contributed by atoms with E-state index in [-0.39, 0.29) is 5.56 Å². The third kappa shape index (κ3) is 5.15. The third-order valence-electron chi connectivity index (χ3n) is 3.10. The maximum absolute atomic E-state index is 12.0. The van der Waals surface area contributed by atoms with Gasteiger partial charge in [0.1, 0.15) is 0 Å². The Morgan fingerprint density at radius 1 is 1.09 bits per heavy atom. The summed E-state index contributed by atoms with van der Waals surface area (Å²) in [6.07, 6.45) is 5.62. The van der Waals surface area contributed by atoms with Crippen molar-refractivity contribution in [1.82, 2.24) is 4.57 Å². The first-order chi connectivity index (χ1) is 10.7. The van der Waals surface area contributed by atoms with Crippen LogP contribution in [0.3, 0.4) is 0 Å². The minimum atomic E-state index is -0.0467. The molecule has 1 heterocycles. The van der Waals surface area contributed by atoms with E-state index < -0.39 is 0 Å². The first-order valence-electron chi connectivity index (χ1n) is 7.11. The van der Waals surface area contributed by atoms with E-state index in [1.165, 1.54) is 0 Å². The van der Waals surface area contributed by atoms with Crippen molar-refractivity contribution >= 4 is 23.8 Å². The Labute approximate surface area is 134 Å². The normalized spacial score (nSPS) is 11.2. The van der Waals surface area contributed by atoms with Gasteiger partial charge < -0.3 is 15.0 Å². The Morgan fingerprint density at radius 3 is 2.50 bits per heavy atom. The standard InChI is InChI=1S/C17H19ClN2O2/c18-16-5-3-14(4-6-16)1-2-15-7-9-20(17(21)13-15)10-12-22-11-8-19/h1-7,9,13H,8,10-12,19H2/b2-1+. The largest absolute Gasteiger partial charge is 0.378 e. The van der Waals surface area contributed by atoms with Gasteiger partial charge in [0.25, 0.3) is 5.56 Å². The lowest BCUT2D eigenvalue weighted by molar-refractivity contribution is 0.132. The number of halogens is 1. The van der Waals surface area contributed by atoms with E-state index in [4.69, 9.17) is 22.1 Å². The highest BCUT2D eigenvalue weighted by atomic mass is 35.5. The highest BCUT2D eigenvalue weighted by Crippen LogP contribution is 2.12. The Hall–Kier alpha value is -1.88. The molecule has 0 unspecified atom stereocenters. The van der Waals surface area contributed by atoms with Crippen molar-refractivity contribution in [2.24, 2.45) is 5.73 Å². The van der Waals surface area contributed by atoms with Crippen LogP contribution in [0.4, 0.5) is 0 Å². The summed E-state index contributed by atoms with van der Waals surface area (Å²) < 4.78 is 6.90. The molecule has 5 heteroatoms. The molecule has 22 heavy (non-hydrogen) atoms. The highest BCUT2D eigenvalue weighted by molar-refractivity contribution is 6.30. The van der Waals surface area contributed by atoms with E-state index in [1.807, 2.05) is 42.5 Å². The molecule has 0 spiro atoms. The fourth-order valence-corrected chi connectivity index (χ4v) is 2.05. The fourth-order valence-electron chi connectivity index (χ4n) is 1.93. The Morgan fingerprint density at radius 2 is 1.82 bits per heavy atom. The average Bonchev–Trinajstić information content (AvgIpc) is 2.52. The zero-order valence-corrected chi connectivity index (χ0v) is 13.0. The summed E-state index contributed by atoms with van der Waals surface area (Å²) in [7, 11) is 0. The molecule has 0 bridgehead atoms. The summed E-state index contributed by atoms with van der Waals surface area (Å²) in [5, 5.41) is 0.705. The van der Waals surface area contributed by atoms with Crippen LogP contribution >= 0.6 is 11.6 Å². The molecule has 0 fully saturated rings. The molecule has 0 aliphatic carbocycles. The predicted molar refractivity (Wildman–Crippen MR) is 91.0 cm³/mol. The van der Waals surface area contributed by atoms with Gasteiger partial charge in [-0.1, -0.05) is 35.9 Å². The Balaban J connectivity index is 1.99. The lowest BCUT2D eigenvalue weighted by Crippen LogP contribution is -2.22. The van der Waals surface area contributed by atoms with Crippen LogP contribution in [0, 0.1) is 0 Å². The van der Waals surface area contributed by atoms with Gasteiger partial charge in [0, 0.05) is 30.4 Å². The molecule has 116 valence electrons. The molecule has 2 aromatic rings. The fraction of sp³-hybridized carbons (Fsp3) is 0.235. The molecule has 0 atom stereocenters. The van der Waals surface area contributed by atoms with Gasteiger partial charge in [0.2, 0.25) is 0 Å². The average molecular weight is 319 g/mol. The third-order valence-corrected chi connectivity index (χ3v) is 3.35. The van der Waals surface area contributed by atoms with E-state index in [0.717, 1.165) is 11.1 Å². The second-order valence-corrected chi connectivity index (χ2v) is 5.21. The van der Waals surface area contributed by atoms with Crippen molar-refractivity contribution in [1.29, 1.82) is 0 Å². The molecule has 1 aromatic carbocycles. The summed E-state index contributed by atoms with van der Waals surface area (Å²) >= 11 is 5.84. The number of pyridine rings is 1. The molecule has 4 nitrogen and oxygen atoms in total. The van der Waals surface area contributed by atoms with Crippen LogP contribution in [0.25, 0.3) is 12.2 Å². The van der Waals surface area contributed by atoms with Gasteiger partial charge in [0.05, 0.1) is 13.2 Å². The molecule has 2 rings (SSSR count). The summed E-state index contributed by atoms with van der Waals surface area (Å²) in [6, 6.07) is 11.0. The van der Waals surface area contributed by atoms with Crippen molar-refractivity contribution in [3.8, 4) is 0 Å².